The molecular weight excluding hydrogens is 420 g/mol. The normalized spacial score (nSPS) is 18.8. The number of Topliss-reactive ketones (excluding diaryl/α,β-unsaturated/α-hetero) is 1. The van der Waals surface area contributed by atoms with Crippen LogP contribution in [0.1, 0.15) is 157 Å². The number of unbranched alkanes of at least 4 members (excludes halogenated alkanes) is 15. The average Bonchev–Trinajstić information content (AvgIpc) is 2.75. The molecular formula is C31H58OS. The van der Waals surface area contributed by atoms with Crippen molar-refractivity contribution in [1.29, 1.82) is 0 Å². The smallest absolute Gasteiger partial charge is 0.141 e. The molecule has 0 heterocycles. The van der Waals surface area contributed by atoms with Crippen molar-refractivity contribution in [1.82, 2.24) is 0 Å². The van der Waals surface area contributed by atoms with Gasteiger partial charge in [-0.05, 0) is 37.4 Å². The molecule has 2 unspecified atom stereocenters. The summed E-state index contributed by atoms with van der Waals surface area (Å²) in [4.78, 5) is 13.0. The fraction of sp³-hybridized carbons (Fsp3) is 0.903. The van der Waals surface area contributed by atoms with E-state index in [-0.39, 0.29) is 11.3 Å². The Labute approximate surface area is 212 Å². The van der Waals surface area contributed by atoms with Gasteiger partial charge in [-0.2, -0.15) is 11.8 Å². The van der Waals surface area contributed by atoms with Crippen molar-refractivity contribution in [3.63, 3.8) is 0 Å². The van der Waals surface area contributed by atoms with Gasteiger partial charge in [0.1, 0.15) is 5.78 Å². The Morgan fingerprint density at radius 3 is 1.79 bits per heavy atom. The first-order chi connectivity index (χ1) is 15.9. The molecule has 33 heavy (non-hydrogen) atoms. The van der Waals surface area contributed by atoms with Crippen molar-refractivity contribution in [3.8, 4) is 0 Å². The molecule has 0 aromatic carbocycles. The van der Waals surface area contributed by atoms with Gasteiger partial charge in [0.25, 0.3) is 0 Å². The number of carbonyl (C=O) groups is 1. The SMILES string of the molecule is CCCCCCCCCCCCCCCCCCSC(C)CC(=O)C1C(C)=CCCC1(C)C. The molecule has 2 heteroatoms. The van der Waals surface area contributed by atoms with E-state index < -0.39 is 0 Å². The van der Waals surface area contributed by atoms with Crippen LogP contribution in [0.3, 0.4) is 0 Å². The van der Waals surface area contributed by atoms with Gasteiger partial charge in [-0.3, -0.25) is 4.79 Å². The Hall–Kier alpha value is -0.240. The van der Waals surface area contributed by atoms with Crippen LogP contribution in [-0.4, -0.2) is 16.8 Å². The predicted molar refractivity (Wildman–Crippen MR) is 151 cm³/mol. The third kappa shape index (κ3) is 14.7. The Kier molecular flexibility index (Phi) is 17.7. The largest absolute Gasteiger partial charge is 0.299 e. The van der Waals surface area contributed by atoms with Crippen molar-refractivity contribution in [2.45, 2.75) is 162 Å². The molecule has 0 fully saturated rings. The molecule has 1 aliphatic rings. The van der Waals surface area contributed by atoms with E-state index in [0.29, 0.717) is 11.0 Å². The van der Waals surface area contributed by atoms with Crippen molar-refractivity contribution in [2.24, 2.45) is 11.3 Å². The van der Waals surface area contributed by atoms with Gasteiger partial charge in [0, 0.05) is 17.6 Å². The maximum Gasteiger partial charge on any atom is 0.141 e. The van der Waals surface area contributed by atoms with Crippen LogP contribution in [0.25, 0.3) is 0 Å². The first-order valence-electron chi connectivity index (χ1n) is 14.7. The first-order valence-corrected chi connectivity index (χ1v) is 15.7. The van der Waals surface area contributed by atoms with Gasteiger partial charge in [0.15, 0.2) is 0 Å². The highest BCUT2D eigenvalue weighted by atomic mass is 32.2. The van der Waals surface area contributed by atoms with E-state index in [2.05, 4.69) is 40.7 Å². The minimum Gasteiger partial charge on any atom is -0.299 e. The standard InChI is InChI=1S/C31H58OS/c1-6-7-8-9-10-11-12-13-14-15-16-17-18-19-20-21-25-33-28(3)26-29(32)30-27(2)23-22-24-31(30,4)5/h23,28,30H,6-22,24-26H2,1-5H3. The molecule has 0 bridgehead atoms. The first kappa shape index (κ1) is 30.8. The molecule has 0 radical (unpaired) electrons. The zero-order valence-corrected chi connectivity index (χ0v) is 24.0. The molecule has 194 valence electrons. The van der Waals surface area contributed by atoms with Gasteiger partial charge >= 0.3 is 0 Å². The molecule has 0 saturated carbocycles. The predicted octanol–water partition coefficient (Wildman–Crippen LogP) is 10.7. The molecule has 0 amide bonds. The second-order valence-electron chi connectivity index (χ2n) is 11.6. The van der Waals surface area contributed by atoms with Gasteiger partial charge < -0.3 is 0 Å². The molecule has 0 aromatic heterocycles. The number of allylic oxidation sites excluding steroid dienone is 2. The molecule has 0 saturated heterocycles. The minimum absolute atomic E-state index is 0.133. The Balaban J connectivity index is 1.91. The molecule has 0 aromatic rings. The highest BCUT2D eigenvalue weighted by Crippen LogP contribution is 2.42. The molecule has 1 rings (SSSR count). The zero-order chi connectivity index (χ0) is 24.4. The second kappa shape index (κ2) is 19.0. The highest BCUT2D eigenvalue weighted by Gasteiger charge is 2.37. The number of thioether (sulfide) groups is 1. The van der Waals surface area contributed by atoms with E-state index in [9.17, 15) is 4.79 Å². The van der Waals surface area contributed by atoms with Crippen molar-refractivity contribution in [3.05, 3.63) is 11.6 Å². The summed E-state index contributed by atoms with van der Waals surface area (Å²) in [5.41, 5.74) is 1.44. The van der Waals surface area contributed by atoms with E-state index >= 15 is 0 Å². The lowest BCUT2D eigenvalue weighted by atomic mass is 9.66. The Bertz CT molecular complexity index is 521. The summed E-state index contributed by atoms with van der Waals surface area (Å²) in [6.07, 6.45) is 28.1. The number of rotatable bonds is 21. The van der Waals surface area contributed by atoms with Gasteiger partial charge in [-0.15, -0.1) is 0 Å². The number of carbonyl (C=O) groups excluding carboxylic acids is 1. The van der Waals surface area contributed by atoms with Crippen LogP contribution < -0.4 is 0 Å². The van der Waals surface area contributed by atoms with Gasteiger partial charge in [-0.25, -0.2) is 0 Å². The van der Waals surface area contributed by atoms with E-state index in [1.807, 2.05) is 11.8 Å². The van der Waals surface area contributed by atoms with Crippen LogP contribution in [0, 0.1) is 11.3 Å². The lowest BCUT2D eigenvalue weighted by molar-refractivity contribution is -0.125. The summed E-state index contributed by atoms with van der Waals surface area (Å²) >= 11 is 2.02. The molecule has 0 spiro atoms. The summed E-state index contributed by atoms with van der Waals surface area (Å²) < 4.78 is 0. The number of ketones is 1. The lowest BCUT2D eigenvalue weighted by Crippen LogP contribution is -2.35. The summed E-state index contributed by atoms with van der Waals surface area (Å²) in [6.45, 7) is 11.3. The number of hydrogen-bond acceptors (Lipinski definition) is 2. The topological polar surface area (TPSA) is 17.1 Å². The number of hydrogen-bond donors (Lipinski definition) is 0. The fourth-order valence-corrected chi connectivity index (χ4v) is 6.69. The Morgan fingerprint density at radius 1 is 0.879 bits per heavy atom. The van der Waals surface area contributed by atoms with Crippen LogP contribution in [0.4, 0.5) is 0 Å². The maximum atomic E-state index is 13.0. The van der Waals surface area contributed by atoms with Crippen LogP contribution in [0.15, 0.2) is 11.6 Å². The summed E-state index contributed by atoms with van der Waals surface area (Å²) in [7, 11) is 0. The van der Waals surface area contributed by atoms with Crippen molar-refractivity contribution >= 4 is 17.5 Å². The maximum absolute atomic E-state index is 13.0. The van der Waals surface area contributed by atoms with E-state index in [0.717, 1.165) is 19.3 Å². The third-order valence-corrected chi connectivity index (χ3v) is 8.96. The Morgan fingerprint density at radius 2 is 1.33 bits per heavy atom. The summed E-state index contributed by atoms with van der Waals surface area (Å²) in [6, 6.07) is 0. The highest BCUT2D eigenvalue weighted by molar-refractivity contribution is 7.99. The molecule has 1 aliphatic carbocycles. The van der Waals surface area contributed by atoms with Gasteiger partial charge in [0.2, 0.25) is 0 Å². The van der Waals surface area contributed by atoms with Crippen LogP contribution in [-0.2, 0) is 4.79 Å². The fourth-order valence-electron chi connectivity index (χ4n) is 5.63. The second-order valence-corrected chi connectivity index (χ2v) is 13.1. The van der Waals surface area contributed by atoms with E-state index in [1.54, 1.807) is 0 Å². The molecule has 0 aliphatic heterocycles. The average molecular weight is 479 g/mol. The van der Waals surface area contributed by atoms with Gasteiger partial charge in [0.05, 0.1) is 0 Å². The summed E-state index contributed by atoms with van der Waals surface area (Å²) in [5.74, 6) is 1.83. The molecule has 2 atom stereocenters. The zero-order valence-electron chi connectivity index (χ0n) is 23.2. The third-order valence-electron chi connectivity index (χ3n) is 7.70. The lowest BCUT2D eigenvalue weighted by Gasteiger charge is -2.37. The van der Waals surface area contributed by atoms with Crippen LogP contribution in [0.5, 0.6) is 0 Å². The van der Waals surface area contributed by atoms with E-state index in [4.69, 9.17) is 0 Å². The molecule has 0 N–H and O–H groups in total. The van der Waals surface area contributed by atoms with Crippen molar-refractivity contribution in [2.75, 3.05) is 5.75 Å². The monoisotopic (exact) mass is 478 g/mol. The van der Waals surface area contributed by atoms with Crippen molar-refractivity contribution < 1.29 is 4.79 Å². The van der Waals surface area contributed by atoms with Crippen LogP contribution >= 0.6 is 11.8 Å². The quantitative estimate of drug-likeness (QED) is 0.120. The van der Waals surface area contributed by atoms with Crippen LogP contribution in [0.2, 0.25) is 0 Å². The molecule has 1 nitrogen and oxygen atoms in total. The minimum atomic E-state index is 0.133. The summed E-state index contributed by atoms with van der Waals surface area (Å²) in [5, 5.41) is 0.458. The van der Waals surface area contributed by atoms with E-state index in [1.165, 1.54) is 114 Å². The van der Waals surface area contributed by atoms with Gasteiger partial charge in [-0.1, -0.05) is 136 Å².